The van der Waals surface area contributed by atoms with Gasteiger partial charge in [-0.1, -0.05) is 34.1 Å². The van der Waals surface area contributed by atoms with Gasteiger partial charge < -0.3 is 4.79 Å². The highest BCUT2D eigenvalue weighted by Gasteiger charge is 2.42. The molecule has 1 nitrogen and oxygen atoms in total. The van der Waals surface area contributed by atoms with Crippen molar-refractivity contribution < 1.29 is 4.79 Å². The van der Waals surface area contributed by atoms with Gasteiger partial charge in [-0.2, -0.15) is 0 Å². The number of rotatable bonds is 4. The monoisotopic (exact) mass is 210 g/mol. The summed E-state index contributed by atoms with van der Waals surface area (Å²) in [6, 6.07) is 0. The molecule has 88 valence electrons. The molecule has 0 bridgehead atoms. The molecule has 0 amide bonds. The zero-order valence-corrected chi connectivity index (χ0v) is 10.8. The summed E-state index contributed by atoms with van der Waals surface area (Å²) in [5.74, 6) is 0.777. The molecule has 0 unspecified atom stereocenters. The van der Waals surface area contributed by atoms with E-state index in [9.17, 15) is 4.79 Å². The van der Waals surface area contributed by atoms with Crippen LogP contribution in [0.25, 0.3) is 0 Å². The minimum absolute atomic E-state index is 0.463. The first-order valence-electron chi connectivity index (χ1n) is 6.34. The van der Waals surface area contributed by atoms with Crippen LogP contribution in [0.5, 0.6) is 0 Å². The summed E-state index contributed by atoms with van der Waals surface area (Å²) in [5, 5.41) is 0. The maximum absolute atomic E-state index is 10.4. The van der Waals surface area contributed by atoms with Crippen LogP contribution in [0.15, 0.2) is 0 Å². The Morgan fingerprint density at radius 1 is 1.13 bits per heavy atom. The summed E-state index contributed by atoms with van der Waals surface area (Å²) >= 11 is 0. The molecular formula is C14H26O. The summed E-state index contributed by atoms with van der Waals surface area (Å²) < 4.78 is 0. The van der Waals surface area contributed by atoms with Gasteiger partial charge in [-0.15, -0.1) is 0 Å². The first kappa shape index (κ1) is 12.7. The van der Waals surface area contributed by atoms with Crippen LogP contribution in [0.1, 0.15) is 66.2 Å². The fourth-order valence-corrected chi connectivity index (χ4v) is 3.59. The molecule has 1 heteroatoms. The van der Waals surface area contributed by atoms with Crippen LogP contribution in [-0.4, -0.2) is 6.29 Å². The second kappa shape index (κ2) is 4.67. The van der Waals surface area contributed by atoms with E-state index < -0.39 is 0 Å². The first-order chi connectivity index (χ1) is 6.90. The molecule has 0 heterocycles. The third kappa shape index (κ3) is 3.06. The number of carbonyl (C=O) groups is 1. The van der Waals surface area contributed by atoms with Crippen molar-refractivity contribution in [3.8, 4) is 0 Å². The summed E-state index contributed by atoms with van der Waals surface area (Å²) in [6.45, 7) is 9.61. The summed E-state index contributed by atoms with van der Waals surface area (Å²) in [5.41, 5.74) is 0.926. The van der Waals surface area contributed by atoms with E-state index in [1.165, 1.54) is 25.7 Å². The molecule has 1 aliphatic rings. The molecule has 1 aliphatic carbocycles. The Hall–Kier alpha value is -0.330. The predicted octanol–water partition coefficient (Wildman–Crippen LogP) is 4.21. The molecular weight excluding hydrogens is 184 g/mol. The van der Waals surface area contributed by atoms with Crippen molar-refractivity contribution in [3.63, 3.8) is 0 Å². The average molecular weight is 210 g/mol. The Morgan fingerprint density at radius 2 is 1.67 bits per heavy atom. The van der Waals surface area contributed by atoms with E-state index in [0.717, 1.165) is 25.0 Å². The van der Waals surface area contributed by atoms with Gasteiger partial charge in [0.15, 0.2) is 0 Å². The highest BCUT2D eigenvalue weighted by Crippen LogP contribution is 2.52. The molecule has 0 N–H and O–H groups in total. The molecule has 0 aromatic heterocycles. The lowest BCUT2D eigenvalue weighted by Gasteiger charge is -2.49. The van der Waals surface area contributed by atoms with E-state index in [2.05, 4.69) is 27.7 Å². The summed E-state index contributed by atoms with van der Waals surface area (Å²) in [6.07, 6.45) is 8.15. The molecule has 0 atom stereocenters. The minimum atomic E-state index is 0.463. The number of unbranched alkanes of at least 4 members (excludes halogenated alkanes) is 1. The Kier molecular flexibility index (Phi) is 3.97. The van der Waals surface area contributed by atoms with Crippen molar-refractivity contribution in [1.29, 1.82) is 0 Å². The fraction of sp³-hybridized carbons (Fsp3) is 0.929. The highest BCUT2D eigenvalue weighted by atomic mass is 16.1. The predicted molar refractivity (Wildman–Crippen MR) is 64.8 cm³/mol. The standard InChI is InChI=1S/C14H26O/c1-13(2)9-7-10-14(3,4)12(13)8-5-6-11-15/h11-12H,5-10H2,1-4H3. The lowest BCUT2D eigenvalue weighted by atomic mass is 9.56. The van der Waals surface area contributed by atoms with Gasteiger partial charge >= 0.3 is 0 Å². The number of carbonyl (C=O) groups excluding carboxylic acids is 1. The van der Waals surface area contributed by atoms with Crippen molar-refractivity contribution in [2.45, 2.75) is 66.2 Å². The van der Waals surface area contributed by atoms with E-state index in [4.69, 9.17) is 0 Å². The lowest BCUT2D eigenvalue weighted by Crippen LogP contribution is -2.40. The molecule has 0 spiro atoms. The Bertz CT molecular complexity index is 199. The molecule has 0 aliphatic heterocycles. The maximum atomic E-state index is 10.4. The third-order valence-electron chi connectivity index (χ3n) is 4.34. The molecule has 1 fully saturated rings. The topological polar surface area (TPSA) is 17.1 Å². The SMILES string of the molecule is CC1(C)CCCC(C)(C)C1CCCC=O. The zero-order valence-electron chi connectivity index (χ0n) is 10.8. The molecule has 0 radical (unpaired) electrons. The van der Waals surface area contributed by atoms with E-state index >= 15 is 0 Å². The zero-order chi connectivity index (χ0) is 11.5. The lowest BCUT2D eigenvalue weighted by molar-refractivity contribution is -0.108. The normalized spacial score (nSPS) is 25.1. The van der Waals surface area contributed by atoms with Gasteiger partial charge in [0.05, 0.1) is 0 Å². The maximum Gasteiger partial charge on any atom is 0.119 e. The quantitative estimate of drug-likeness (QED) is 0.502. The van der Waals surface area contributed by atoms with Crippen LogP contribution >= 0.6 is 0 Å². The van der Waals surface area contributed by atoms with Gasteiger partial charge in [-0.05, 0) is 42.4 Å². The van der Waals surface area contributed by atoms with Crippen molar-refractivity contribution in [2.24, 2.45) is 16.7 Å². The fourth-order valence-electron chi connectivity index (χ4n) is 3.59. The average Bonchev–Trinajstić information content (AvgIpc) is 2.09. The third-order valence-corrected chi connectivity index (χ3v) is 4.34. The largest absolute Gasteiger partial charge is 0.303 e. The van der Waals surface area contributed by atoms with Crippen LogP contribution in [0.3, 0.4) is 0 Å². The number of hydrogen-bond donors (Lipinski definition) is 0. The Labute approximate surface area is 94.6 Å². The van der Waals surface area contributed by atoms with Crippen LogP contribution < -0.4 is 0 Å². The van der Waals surface area contributed by atoms with Crippen LogP contribution in [0.2, 0.25) is 0 Å². The molecule has 1 rings (SSSR count). The Morgan fingerprint density at radius 3 is 2.13 bits per heavy atom. The second-order valence-corrected chi connectivity index (χ2v) is 6.48. The molecule has 15 heavy (non-hydrogen) atoms. The summed E-state index contributed by atoms with van der Waals surface area (Å²) in [4.78, 5) is 10.4. The van der Waals surface area contributed by atoms with E-state index in [1.54, 1.807) is 0 Å². The van der Waals surface area contributed by atoms with Gasteiger partial charge in [0.2, 0.25) is 0 Å². The Balaban J connectivity index is 2.64. The van der Waals surface area contributed by atoms with Crippen LogP contribution in [0, 0.1) is 16.7 Å². The van der Waals surface area contributed by atoms with E-state index in [1.807, 2.05) is 0 Å². The molecule has 0 aromatic rings. The number of hydrogen-bond acceptors (Lipinski definition) is 1. The van der Waals surface area contributed by atoms with Gasteiger partial charge in [-0.3, -0.25) is 0 Å². The number of aldehydes is 1. The van der Waals surface area contributed by atoms with Crippen molar-refractivity contribution in [3.05, 3.63) is 0 Å². The minimum Gasteiger partial charge on any atom is -0.303 e. The van der Waals surface area contributed by atoms with Gasteiger partial charge in [0.1, 0.15) is 6.29 Å². The van der Waals surface area contributed by atoms with Gasteiger partial charge in [-0.25, -0.2) is 0 Å². The first-order valence-corrected chi connectivity index (χ1v) is 6.34. The van der Waals surface area contributed by atoms with E-state index in [0.29, 0.717) is 10.8 Å². The van der Waals surface area contributed by atoms with Crippen LogP contribution in [0.4, 0.5) is 0 Å². The van der Waals surface area contributed by atoms with Gasteiger partial charge in [0, 0.05) is 6.42 Å². The molecule has 0 saturated heterocycles. The summed E-state index contributed by atoms with van der Waals surface area (Å²) in [7, 11) is 0. The van der Waals surface area contributed by atoms with Gasteiger partial charge in [0.25, 0.3) is 0 Å². The van der Waals surface area contributed by atoms with E-state index in [-0.39, 0.29) is 0 Å². The molecule has 0 aromatic carbocycles. The molecule has 1 saturated carbocycles. The van der Waals surface area contributed by atoms with Crippen molar-refractivity contribution in [2.75, 3.05) is 0 Å². The smallest absolute Gasteiger partial charge is 0.119 e. The van der Waals surface area contributed by atoms with Crippen LogP contribution in [-0.2, 0) is 4.79 Å². The highest BCUT2D eigenvalue weighted by molar-refractivity contribution is 5.48. The second-order valence-electron chi connectivity index (χ2n) is 6.48. The van der Waals surface area contributed by atoms with Crippen molar-refractivity contribution >= 4 is 6.29 Å². The van der Waals surface area contributed by atoms with Crippen molar-refractivity contribution in [1.82, 2.24) is 0 Å².